The summed E-state index contributed by atoms with van der Waals surface area (Å²) in [6, 6.07) is 8.13. The van der Waals surface area contributed by atoms with Gasteiger partial charge in [-0.15, -0.1) is 0 Å². The van der Waals surface area contributed by atoms with Crippen LogP contribution in [-0.2, 0) is 16.6 Å². The van der Waals surface area contributed by atoms with Crippen molar-refractivity contribution in [2.75, 3.05) is 14.2 Å². The summed E-state index contributed by atoms with van der Waals surface area (Å²) in [5.74, 6) is 0.157. The van der Waals surface area contributed by atoms with Crippen LogP contribution in [0, 0.1) is 0 Å². The highest BCUT2D eigenvalue weighted by atomic mass is 79.9. The molecule has 1 N–H and O–H groups in total. The Bertz CT molecular complexity index is 931. The van der Waals surface area contributed by atoms with Gasteiger partial charge in [0, 0.05) is 29.2 Å². The number of sulfonamides is 1. The summed E-state index contributed by atoms with van der Waals surface area (Å²) >= 11 is 3.40. The molecule has 1 heterocycles. The molecule has 0 radical (unpaired) electrons. The molecular formula is C18H23BrN2O5S. The molecule has 148 valence electrons. The van der Waals surface area contributed by atoms with Crippen molar-refractivity contribution in [1.82, 2.24) is 9.62 Å². The first-order valence-electron chi connectivity index (χ1n) is 8.14. The molecule has 0 unspecified atom stereocenters. The van der Waals surface area contributed by atoms with E-state index >= 15 is 0 Å². The minimum Gasteiger partial charge on any atom is -0.496 e. The van der Waals surface area contributed by atoms with Crippen LogP contribution in [0.1, 0.15) is 36.9 Å². The number of halogens is 1. The quantitative estimate of drug-likeness (QED) is 0.716. The van der Waals surface area contributed by atoms with Crippen LogP contribution < -0.4 is 9.46 Å². The number of methoxy groups -OCH3 is 1. The van der Waals surface area contributed by atoms with Gasteiger partial charge >= 0.3 is 0 Å². The molecule has 0 fully saturated rings. The molecular weight excluding hydrogens is 436 g/mol. The topological polar surface area (TPSA) is 88.8 Å². The second kappa shape index (κ2) is 8.04. The Balaban J connectivity index is 2.19. The van der Waals surface area contributed by atoms with Crippen molar-refractivity contribution in [2.24, 2.45) is 0 Å². The van der Waals surface area contributed by atoms with Gasteiger partial charge in [-0.1, -0.05) is 15.9 Å². The Kier molecular flexibility index (Phi) is 6.39. The van der Waals surface area contributed by atoms with Gasteiger partial charge in [-0.3, -0.25) is 4.79 Å². The van der Waals surface area contributed by atoms with E-state index in [0.717, 1.165) is 10.0 Å². The predicted molar refractivity (Wildman–Crippen MR) is 105 cm³/mol. The zero-order valence-corrected chi connectivity index (χ0v) is 18.3. The average Bonchev–Trinajstić information content (AvgIpc) is 3.03. The van der Waals surface area contributed by atoms with Crippen LogP contribution in [0.25, 0.3) is 0 Å². The lowest BCUT2D eigenvalue weighted by Crippen LogP contribution is -2.40. The number of amides is 1. The molecule has 0 bridgehead atoms. The summed E-state index contributed by atoms with van der Waals surface area (Å²) < 4.78 is 38.6. The molecule has 27 heavy (non-hydrogen) atoms. The Morgan fingerprint density at radius 2 is 1.93 bits per heavy atom. The second-order valence-corrected chi connectivity index (χ2v) is 9.62. The van der Waals surface area contributed by atoms with E-state index in [1.54, 1.807) is 41.0 Å². The second-order valence-electron chi connectivity index (χ2n) is 7.09. The fraction of sp³-hybridized carbons (Fsp3) is 0.389. The SMILES string of the molecule is COc1ccc(Br)cc1CN(C)C(=O)c1ccc(S(=O)(=O)NC(C)(C)C)o1. The molecule has 0 saturated heterocycles. The summed E-state index contributed by atoms with van der Waals surface area (Å²) in [5.41, 5.74) is 0.139. The third-order valence-corrected chi connectivity index (χ3v) is 5.62. The van der Waals surface area contributed by atoms with Gasteiger partial charge in [-0.2, -0.15) is 0 Å². The van der Waals surface area contributed by atoms with Crippen molar-refractivity contribution < 1.29 is 22.4 Å². The Morgan fingerprint density at radius 1 is 1.26 bits per heavy atom. The molecule has 7 nitrogen and oxygen atoms in total. The highest BCUT2D eigenvalue weighted by Crippen LogP contribution is 2.25. The number of hydrogen-bond donors (Lipinski definition) is 1. The number of nitrogens with one attached hydrogen (secondary N) is 1. The number of furan rings is 1. The lowest BCUT2D eigenvalue weighted by Gasteiger charge is -2.19. The third kappa shape index (κ3) is 5.57. The van der Waals surface area contributed by atoms with Crippen LogP contribution in [-0.4, -0.2) is 38.9 Å². The number of carbonyl (C=O) groups is 1. The summed E-state index contributed by atoms with van der Waals surface area (Å²) in [4.78, 5) is 14.1. The number of benzene rings is 1. The summed E-state index contributed by atoms with van der Waals surface area (Å²) in [5, 5.41) is -0.297. The van der Waals surface area contributed by atoms with E-state index in [4.69, 9.17) is 9.15 Å². The smallest absolute Gasteiger partial charge is 0.289 e. The van der Waals surface area contributed by atoms with Crippen LogP contribution in [0.2, 0.25) is 0 Å². The van der Waals surface area contributed by atoms with Gasteiger partial charge in [0.25, 0.3) is 15.9 Å². The molecule has 0 aliphatic carbocycles. The van der Waals surface area contributed by atoms with Crippen molar-refractivity contribution in [2.45, 2.75) is 37.9 Å². The van der Waals surface area contributed by atoms with Crippen molar-refractivity contribution in [3.05, 3.63) is 46.1 Å². The van der Waals surface area contributed by atoms with Gasteiger partial charge in [0.1, 0.15) is 5.75 Å². The van der Waals surface area contributed by atoms with Crippen LogP contribution in [0.3, 0.4) is 0 Å². The van der Waals surface area contributed by atoms with Crippen LogP contribution in [0.4, 0.5) is 0 Å². The van der Waals surface area contributed by atoms with Gasteiger partial charge in [-0.05, 0) is 51.1 Å². The monoisotopic (exact) mass is 458 g/mol. The lowest BCUT2D eigenvalue weighted by molar-refractivity contribution is 0.0746. The van der Waals surface area contributed by atoms with Gasteiger partial charge in [0.05, 0.1) is 7.11 Å². The van der Waals surface area contributed by atoms with Gasteiger partial charge in [0.15, 0.2) is 5.76 Å². The normalized spacial score (nSPS) is 12.1. The number of ether oxygens (including phenoxy) is 1. The molecule has 0 atom stereocenters. The first-order valence-corrected chi connectivity index (χ1v) is 10.4. The maximum atomic E-state index is 12.6. The largest absolute Gasteiger partial charge is 0.496 e. The highest BCUT2D eigenvalue weighted by molar-refractivity contribution is 9.10. The Morgan fingerprint density at radius 3 is 2.52 bits per heavy atom. The fourth-order valence-corrected chi connectivity index (χ4v) is 4.18. The summed E-state index contributed by atoms with van der Waals surface area (Å²) in [6.07, 6.45) is 0. The van der Waals surface area contributed by atoms with E-state index in [9.17, 15) is 13.2 Å². The van der Waals surface area contributed by atoms with Crippen LogP contribution in [0.5, 0.6) is 5.75 Å². The summed E-state index contributed by atoms with van der Waals surface area (Å²) in [6.45, 7) is 5.43. The third-order valence-electron chi connectivity index (χ3n) is 3.49. The molecule has 1 aromatic heterocycles. The van der Waals surface area contributed by atoms with Gasteiger partial charge in [0.2, 0.25) is 5.09 Å². The molecule has 0 aliphatic rings. The molecule has 0 saturated carbocycles. The molecule has 0 spiro atoms. The summed E-state index contributed by atoms with van der Waals surface area (Å²) in [7, 11) is -0.685. The fourth-order valence-electron chi connectivity index (χ4n) is 2.42. The molecule has 2 aromatic rings. The van der Waals surface area contributed by atoms with E-state index in [2.05, 4.69) is 20.7 Å². The van der Waals surface area contributed by atoms with E-state index in [-0.39, 0.29) is 17.4 Å². The van der Waals surface area contributed by atoms with Crippen molar-refractivity contribution >= 4 is 31.9 Å². The van der Waals surface area contributed by atoms with E-state index < -0.39 is 21.5 Å². The zero-order valence-electron chi connectivity index (χ0n) is 15.9. The maximum absolute atomic E-state index is 12.6. The number of hydrogen-bond acceptors (Lipinski definition) is 5. The van der Waals surface area contributed by atoms with E-state index in [1.165, 1.54) is 17.0 Å². The number of carbonyl (C=O) groups excluding carboxylic acids is 1. The van der Waals surface area contributed by atoms with E-state index in [1.807, 2.05) is 12.1 Å². The zero-order chi connectivity index (χ0) is 20.4. The first kappa shape index (κ1) is 21.5. The lowest BCUT2D eigenvalue weighted by atomic mass is 10.1. The maximum Gasteiger partial charge on any atom is 0.289 e. The van der Waals surface area contributed by atoms with Crippen molar-refractivity contribution in [1.29, 1.82) is 0 Å². The predicted octanol–water partition coefficient (Wildman–Crippen LogP) is 3.40. The first-order chi connectivity index (χ1) is 12.4. The van der Waals surface area contributed by atoms with Gasteiger partial charge < -0.3 is 14.1 Å². The average molecular weight is 459 g/mol. The van der Waals surface area contributed by atoms with Crippen molar-refractivity contribution in [3.8, 4) is 5.75 Å². The minimum absolute atomic E-state index is 0.0549. The van der Waals surface area contributed by atoms with Crippen LogP contribution >= 0.6 is 15.9 Å². The Hall–Kier alpha value is -1.84. The molecule has 1 aromatic carbocycles. The minimum atomic E-state index is -3.85. The van der Waals surface area contributed by atoms with Gasteiger partial charge in [-0.25, -0.2) is 13.1 Å². The van der Waals surface area contributed by atoms with E-state index in [0.29, 0.717) is 5.75 Å². The molecule has 0 aliphatic heterocycles. The number of rotatable bonds is 6. The number of nitrogens with zero attached hydrogens (tertiary/aromatic N) is 1. The van der Waals surface area contributed by atoms with Crippen LogP contribution in [0.15, 0.2) is 44.3 Å². The molecule has 9 heteroatoms. The highest BCUT2D eigenvalue weighted by Gasteiger charge is 2.27. The standard InChI is InChI=1S/C18H23BrN2O5S/c1-18(2,3)20-27(23,24)16-9-8-15(26-16)17(22)21(4)11-12-10-13(19)6-7-14(12)25-5/h6-10,20H,11H2,1-5H3. The molecule has 2 rings (SSSR count). The molecule has 1 amide bonds. The Labute approximate surface area is 167 Å². The van der Waals surface area contributed by atoms with Crippen molar-refractivity contribution in [3.63, 3.8) is 0 Å².